The van der Waals surface area contributed by atoms with Crippen molar-refractivity contribution in [2.75, 3.05) is 0 Å². The minimum absolute atomic E-state index is 0.111. The van der Waals surface area contributed by atoms with Crippen LogP contribution in [0.25, 0.3) is 0 Å². The third-order valence-corrected chi connectivity index (χ3v) is 5.08. The quantitative estimate of drug-likeness (QED) is 0.505. The van der Waals surface area contributed by atoms with Crippen LogP contribution in [0.2, 0.25) is 0 Å². The van der Waals surface area contributed by atoms with Crippen molar-refractivity contribution >= 4 is 28.2 Å². The monoisotopic (exact) mass is 340 g/mol. The standard InChI is InChI=1S/C15H20N2O5S/c1-9-5-3-4-6-11(9)16-14(18)10(2)22-15(19)12-7-8-13(23-12)17(20)21/h7-11H,3-6H2,1-2H3,(H,16,18)/t9-,10-,11+/m1/s1. The molecule has 126 valence electrons. The second kappa shape index (κ2) is 7.54. The lowest BCUT2D eigenvalue weighted by Crippen LogP contribution is -2.45. The third kappa shape index (κ3) is 4.51. The summed E-state index contributed by atoms with van der Waals surface area (Å²) in [6.07, 6.45) is 3.35. The van der Waals surface area contributed by atoms with Crippen molar-refractivity contribution in [2.24, 2.45) is 5.92 Å². The molecular weight excluding hydrogens is 320 g/mol. The Bertz CT molecular complexity index is 600. The number of nitrogens with zero attached hydrogens (tertiary/aromatic N) is 1. The molecule has 1 aromatic rings. The number of thiophene rings is 1. The molecule has 0 bridgehead atoms. The van der Waals surface area contributed by atoms with Gasteiger partial charge in [0, 0.05) is 12.1 Å². The van der Waals surface area contributed by atoms with E-state index in [9.17, 15) is 19.7 Å². The Morgan fingerprint density at radius 1 is 1.39 bits per heavy atom. The van der Waals surface area contributed by atoms with Gasteiger partial charge >= 0.3 is 11.0 Å². The summed E-state index contributed by atoms with van der Waals surface area (Å²) in [5, 5.41) is 13.4. The van der Waals surface area contributed by atoms with Crippen molar-refractivity contribution in [1.82, 2.24) is 5.32 Å². The topological polar surface area (TPSA) is 98.5 Å². The van der Waals surface area contributed by atoms with Crippen molar-refractivity contribution in [3.8, 4) is 0 Å². The first-order valence-corrected chi connectivity index (χ1v) is 8.45. The number of esters is 1. The number of amides is 1. The molecule has 0 radical (unpaired) electrons. The molecule has 3 atom stereocenters. The maximum Gasteiger partial charge on any atom is 0.349 e. The van der Waals surface area contributed by atoms with E-state index in [0.29, 0.717) is 5.92 Å². The molecule has 1 aliphatic carbocycles. The summed E-state index contributed by atoms with van der Waals surface area (Å²) in [4.78, 5) is 34.2. The number of rotatable bonds is 5. The molecule has 0 spiro atoms. The minimum Gasteiger partial charge on any atom is -0.448 e. The second-order valence-electron chi connectivity index (χ2n) is 5.82. The van der Waals surface area contributed by atoms with Crippen LogP contribution in [-0.2, 0) is 9.53 Å². The molecule has 1 N–H and O–H groups in total. The molecule has 1 heterocycles. The van der Waals surface area contributed by atoms with E-state index < -0.39 is 17.0 Å². The summed E-state index contributed by atoms with van der Waals surface area (Å²) in [7, 11) is 0. The number of nitro groups is 1. The summed E-state index contributed by atoms with van der Waals surface area (Å²) in [6.45, 7) is 3.61. The molecule has 0 aliphatic heterocycles. The summed E-state index contributed by atoms with van der Waals surface area (Å²) in [6, 6.07) is 2.69. The lowest BCUT2D eigenvalue weighted by atomic mass is 9.86. The number of carbonyl (C=O) groups is 2. The van der Waals surface area contributed by atoms with E-state index in [1.54, 1.807) is 0 Å². The number of hydrogen-bond acceptors (Lipinski definition) is 6. The van der Waals surface area contributed by atoms with Crippen molar-refractivity contribution < 1.29 is 19.2 Å². The van der Waals surface area contributed by atoms with E-state index in [-0.39, 0.29) is 21.8 Å². The smallest absolute Gasteiger partial charge is 0.349 e. The van der Waals surface area contributed by atoms with E-state index in [2.05, 4.69) is 12.2 Å². The van der Waals surface area contributed by atoms with Crippen molar-refractivity contribution in [3.63, 3.8) is 0 Å². The highest BCUT2D eigenvalue weighted by Crippen LogP contribution is 2.25. The molecule has 1 saturated carbocycles. The van der Waals surface area contributed by atoms with Crippen LogP contribution in [0.15, 0.2) is 12.1 Å². The Balaban J connectivity index is 1.89. The molecule has 1 aromatic heterocycles. The second-order valence-corrected chi connectivity index (χ2v) is 6.88. The molecule has 8 heteroatoms. The Kier molecular flexibility index (Phi) is 5.70. The zero-order chi connectivity index (χ0) is 17.0. The Labute approximate surface area is 138 Å². The molecule has 0 unspecified atom stereocenters. The number of nitrogens with one attached hydrogen (secondary N) is 1. The molecule has 7 nitrogen and oxygen atoms in total. The van der Waals surface area contributed by atoms with E-state index in [1.165, 1.54) is 25.5 Å². The molecule has 1 aliphatic rings. The van der Waals surface area contributed by atoms with Crippen molar-refractivity contribution in [3.05, 3.63) is 27.1 Å². The van der Waals surface area contributed by atoms with E-state index >= 15 is 0 Å². The van der Waals surface area contributed by atoms with Crippen molar-refractivity contribution in [2.45, 2.75) is 51.7 Å². The van der Waals surface area contributed by atoms with E-state index in [0.717, 1.165) is 30.6 Å². The molecule has 1 amide bonds. The maximum atomic E-state index is 12.1. The van der Waals surface area contributed by atoms with Gasteiger partial charge in [0.2, 0.25) is 0 Å². The van der Waals surface area contributed by atoms with Gasteiger partial charge in [-0.05, 0) is 31.7 Å². The van der Waals surface area contributed by atoms with Gasteiger partial charge in [-0.3, -0.25) is 14.9 Å². The highest BCUT2D eigenvalue weighted by molar-refractivity contribution is 7.17. The van der Waals surface area contributed by atoms with Gasteiger partial charge in [0.05, 0.1) is 4.92 Å². The lowest BCUT2D eigenvalue weighted by molar-refractivity contribution is -0.380. The van der Waals surface area contributed by atoms with Gasteiger partial charge in [-0.1, -0.05) is 31.1 Å². The average Bonchev–Trinajstić information content (AvgIpc) is 2.99. The minimum atomic E-state index is -0.933. The lowest BCUT2D eigenvalue weighted by Gasteiger charge is -2.30. The van der Waals surface area contributed by atoms with Gasteiger partial charge in [0.25, 0.3) is 5.91 Å². The highest BCUT2D eigenvalue weighted by atomic mass is 32.1. The first-order valence-electron chi connectivity index (χ1n) is 7.64. The van der Waals surface area contributed by atoms with Gasteiger partial charge < -0.3 is 10.1 Å². The van der Waals surface area contributed by atoms with Crippen LogP contribution in [0.4, 0.5) is 5.00 Å². The molecule has 1 fully saturated rings. The van der Waals surface area contributed by atoms with Crippen LogP contribution in [0, 0.1) is 16.0 Å². The fourth-order valence-electron chi connectivity index (χ4n) is 2.64. The summed E-state index contributed by atoms with van der Waals surface area (Å²) >= 11 is 0.734. The van der Waals surface area contributed by atoms with Gasteiger partial charge in [0.1, 0.15) is 4.88 Å². The fourth-order valence-corrected chi connectivity index (χ4v) is 3.34. The molecular formula is C15H20N2O5S. The highest BCUT2D eigenvalue weighted by Gasteiger charge is 2.27. The number of ether oxygens (including phenoxy) is 1. The van der Waals surface area contributed by atoms with Gasteiger partial charge in [-0.2, -0.15) is 0 Å². The van der Waals surface area contributed by atoms with E-state index in [1.807, 2.05) is 0 Å². The predicted molar refractivity (Wildman–Crippen MR) is 85.4 cm³/mol. The van der Waals surface area contributed by atoms with Gasteiger partial charge in [0.15, 0.2) is 6.10 Å². The first-order chi connectivity index (χ1) is 10.9. The summed E-state index contributed by atoms with van der Waals surface area (Å²) in [5.41, 5.74) is 0. The summed E-state index contributed by atoms with van der Waals surface area (Å²) < 4.78 is 5.10. The normalized spacial score (nSPS) is 22.2. The van der Waals surface area contributed by atoms with Crippen LogP contribution >= 0.6 is 11.3 Å². The van der Waals surface area contributed by atoms with Crippen LogP contribution < -0.4 is 5.32 Å². The Hall–Kier alpha value is -1.96. The Morgan fingerprint density at radius 2 is 2.09 bits per heavy atom. The maximum absolute atomic E-state index is 12.1. The van der Waals surface area contributed by atoms with Crippen LogP contribution in [-0.4, -0.2) is 28.9 Å². The molecule has 2 rings (SSSR count). The van der Waals surface area contributed by atoms with E-state index in [4.69, 9.17) is 4.74 Å². The van der Waals surface area contributed by atoms with Crippen LogP contribution in [0.5, 0.6) is 0 Å². The number of hydrogen-bond donors (Lipinski definition) is 1. The van der Waals surface area contributed by atoms with Crippen molar-refractivity contribution in [1.29, 1.82) is 0 Å². The van der Waals surface area contributed by atoms with Gasteiger partial charge in [-0.25, -0.2) is 4.79 Å². The average molecular weight is 340 g/mol. The van der Waals surface area contributed by atoms with Crippen LogP contribution in [0.1, 0.15) is 49.2 Å². The van der Waals surface area contributed by atoms with Crippen LogP contribution in [0.3, 0.4) is 0 Å². The molecule has 0 saturated heterocycles. The Morgan fingerprint density at radius 3 is 2.70 bits per heavy atom. The zero-order valence-corrected chi connectivity index (χ0v) is 13.9. The molecule has 0 aromatic carbocycles. The predicted octanol–water partition coefficient (Wildman–Crippen LogP) is 2.90. The third-order valence-electron chi connectivity index (χ3n) is 4.07. The largest absolute Gasteiger partial charge is 0.448 e. The zero-order valence-electron chi connectivity index (χ0n) is 13.1. The fraction of sp³-hybridized carbons (Fsp3) is 0.600. The molecule has 23 heavy (non-hydrogen) atoms. The summed E-state index contributed by atoms with van der Waals surface area (Å²) in [5.74, 6) is -0.638. The SMILES string of the molecule is C[C@@H]1CCCC[C@@H]1NC(=O)[C@@H](C)OC(=O)c1ccc([N+](=O)[O-])s1. The number of carbonyl (C=O) groups excluding carboxylic acids is 2. The van der Waals surface area contributed by atoms with Gasteiger partial charge in [-0.15, -0.1) is 0 Å². The first kappa shape index (κ1) is 17.4.